The van der Waals surface area contributed by atoms with Crippen molar-refractivity contribution < 1.29 is 8.42 Å². The largest absolute Gasteiger partial charge is 0.396 e. The maximum absolute atomic E-state index is 12.0. The minimum atomic E-state index is -3.56. The lowest BCUT2D eigenvalue weighted by Gasteiger charge is -2.16. The van der Waals surface area contributed by atoms with Crippen LogP contribution in [-0.4, -0.2) is 33.4 Å². The molecule has 0 aliphatic carbocycles. The lowest BCUT2D eigenvalue weighted by Crippen LogP contribution is -2.23. The molecule has 1 aromatic carbocycles. The molecule has 0 spiro atoms. The molecule has 0 radical (unpaired) electrons. The van der Waals surface area contributed by atoms with Gasteiger partial charge in [0.2, 0.25) is 10.0 Å². The van der Waals surface area contributed by atoms with E-state index in [2.05, 4.69) is 11.9 Å². The number of nitrogens with two attached hydrogens (primary N) is 1. The Morgan fingerprint density at radius 3 is 2.61 bits per heavy atom. The highest BCUT2D eigenvalue weighted by Crippen LogP contribution is 2.28. The fourth-order valence-electron chi connectivity index (χ4n) is 1.31. The highest BCUT2D eigenvalue weighted by atomic mass is 35.5. The fourth-order valence-corrected chi connectivity index (χ4v) is 2.41. The van der Waals surface area contributed by atoms with E-state index in [-0.39, 0.29) is 10.6 Å². The summed E-state index contributed by atoms with van der Waals surface area (Å²) in [4.78, 5) is 0.0673. The molecule has 1 rings (SSSR count). The molecule has 0 aromatic heterocycles. The van der Waals surface area contributed by atoms with Crippen LogP contribution in [0.5, 0.6) is 0 Å². The van der Waals surface area contributed by atoms with Crippen molar-refractivity contribution in [2.75, 3.05) is 31.7 Å². The van der Waals surface area contributed by atoms with Crippen molar-refractivity contribution in [3.63, 3.8) is 0 Å². The van der Waals surface area contributed by atoms with Gasteiger partial charge in [-0.15, -0.1) is 0 Å². The molecule has 0 bridgehead atoms. The molecule has 3 N–H and O–H groups in total. The number of halogens is 1. The first-order chi connectivity index (χ1) is 8.26. The molecule has 0 heterocycles. The van der Waals surface area contributed by atoms with Crippen LogP contribution in [0.4, 0.5) is 11.4 Å². The summed E-state index contributed by atoms with van der Waals surface area (Å²) in [6.07, 6.45) is 0. The van der Waals surface area contributed by atoms with Crippen LogP contribution in [-0.2, 0) is 10.0 Å². The van der Waals surface area contributed by atoms with Gasteiger partial charge in [-0.25, -0.2) is 12.7 Å². The Bertz CT molecular complexity index is 555. The zero-order valence-corrected chi connectivity index (χ0v) is 11.8. The van der Waals surface area contributed by atoms with Gasteiger partial charge in [0.1, 0.15) is 4.90 Å². The summed E-state index contributed by atoms with van der Waals surface area (Å²) >= 11 is 5.64. The molecular weight excluding hydrogens is 274 g/mol. The number of para-hydroxylation sites is 1. The summed E-state index contributed by atoms with van der Waals surface area (Å²) < 4.78 is 25.1. The molecule has 0 amide bonds. The first kappa shape index (κ1) is 14.8. The number of nitrogens with zero attached hydrogens (tertiary/aromatic N) is 1. The molecule has 1 aromatic rings. The monoisotopic (exact) mass is 289 g/mol. The lowest BCUT2D eigenvalue weighted by atomic mass is 10.2. The van der Waals surface area contributed by atoms with Crippen LogP contribution in [0, 0.1) is 0 Å². The Labute approximate surface area is 112 Å². The van der Waals surface area contributed by atoms with Crippen LogP contribution < -0.4 is 11.1 Å². The average Bonchev–Trinajstić information content (AvgIpc) is 2.27. The van der Waals surface area contributed by atoms with E-state index in [1.165, 1.54) is 20.2 Å². The number of nitrogen functional groups attached to an aromatic ring is 1. The van der Waals surface area contributed by atoms with Gasteiger partial charge in [-0.3, -0.25) is 0 Å². The van der Waals surface area contributed by atoms with Crippen molar-refractivity contribution in [3.05, 3.63) is 29.8 Å². The summed E-state index contributed by atoms with van der Waals surface area (Å²) in [6.45, 7) is 3.85. The Morgan fingerprint density at radius 1 is 1.50 bits per heavy atom. The number of benzene rings is 1. The molecule has 0 saturated heterocycles. The van der Waals surface area contributed by atoms with Gasteiger partial charge < -0.3 is 11.1 Å². The van der Waals surface area contributed by atoms with Crippen LogP contribution in [0.15, 0.2) is 34.7 Å². The molecule has 5 nitrogen and oxygen atoms in total. The first-order valence-corrected chi connectivity index (χ1v) is 6.96. The molecule has 100 valence electrons. The third-order valence-corrected chi connectivity index (χ3v) is 4.30. The second-order valence-corrected chi connectivity index (χ2v) is 6.53. The highest BCUT2D eigenvalue weighted by molar-refractivity contribution is 7.89. The molecular formula is C11H16ClN3O2S. The maximum Gasteiger partial charge on any atom is 0.244 e. The number of hydrogen-bond acceptors (Lipinski definition) is 4. The maximum atomic E-state index is 12.0. The lowest BCUT2D eigenvalue weighted by molar-refractivity contribution is 0.521. The number of anilines is 2. The van der Waals surface area contributed by atoms with E-state index >= 15 is 0 Å². The predicted octanol–water partition coefficient (Wildman–Crippen LogP) is 1.68. The highest BCUT2D eigenvalue weighted by Gasteiger charge is 2.21. The zero-order chi connectivity index (χ0) is 13.9. The molecule has 7 heteroatoms. The SMILES string of the molecule is C=C(Cl)CNc1cccc(S(=O)(=O)N(C)C)c1N. The Hall–Kier alpha value is -1.24. The van der Waals surface area contributed by atoms with E-state index in [1.54, 1.807) is 12.1 Å². The van der Waals surface area contributed by atoms with E-state index in [1.807, 2.05) is 0 Å². The molecule has 0 fully saturated rings. The Balaban J connectivity index is 3.18. The molecule has 0 aliphatic heterocycles. The Morgan fingerprint density at radius 2 is 2.11 bits per heavy atom. The van der Waals surface area contributed by atoms with Gasteiger partial charge in [0, 0.05) is 19.1 Å². The van der Waals surface area contributed by atoms with E-state index < -0.39 is 10.0 Å². The van der Waals surface area contributed by atoms with Gasteiger partial charge in [-0.1, -0.05) is 24.2 Å². The van der Waals surface area contributed by atoms with Crippen molar-refractivity contribution in [2.45, 2.75) is 4.90 Å². The normalized spacial score (nSPS) is 11.6. The topological polar surface area (TPSA) is 75.4 Å². The summed E-state index contributed by atoms with van der Waals surface area (Å²) in [6, 6.07) is 4.77. The van der Waals surface area contributed by atoms with E-state index in [4.69, 9.17) is 17.3 Å². The molecule has 0 unspecified atom stereocenters. The molecule has 0 atom stereocenters. The van der Waals surface area contributed by atoms with E-state index in [0.717, 1.165) is 4.31 Å². The van der Waals surface area contributed by atoms with Gasteiger partial charge in [0.05, 0.1) is 17.9 Å². The predicted molar refractivity (Wildman–Crippen MR) is 75.2 cm³/mol. The minimum absolute atomic E-state index is 0.0673. The van der Waals surface area contributed by atoms with E-state index in [9.17, 15) is 8.42 Å². The van der Waals surface area contributed by atoms with Crippen molar-refractivity contribution in [3.8, 4) is 0 Å². The van der Waals surface area contributed by atoms with Gasteiger partial charge in [-0.2, -0.15) is 0 Å². The second kappa shape index (κ2) is 5.60. The number of rotatable bonds is 5. The summed E-state index contributed by atoms with van der Waals surface area (Å²) in [5.41, 5.74) is 6.54. The summed E-state index contributed by atoms with van der Waals surface area (Å²) in [5.74, 6) is 0. The summed E-state index contributed by atoms with van der Waals surface area (Å²) in [7, 11) is -0.648. The number of sulfonamides is 1. The van der Waals surface area contributed by atoms with Crippen molar-refractivity contribution in [1.82, 2.24) is 4.31 Å². The van der Waals surface area contributed by atoms with Crippen LogP contribution in [0.3, 0.4) is 0 Å². The van der Waals surface area contributed by atoms with Gasteiger partial charge in [0.15, 0.2) is 0 Å². The van der Waals surface area contributed by atoms with Gasteiger partial charge in [-0.05, 0) is 12.1 Å². The van der Waals surface area contributed by atoms with Gasteiger partial charge in [0.25, 0.3) is 0 Å². The molecule has 0 aliphatic rings. The van der Waals surface area contributed by atoms with Crippen molar-refractivity contribution in [2.24, 2.45) is 0 Å². The van der Waals surface area contributed by atoms with Crippen LogP contribution >= 0.6 is 11.6 Å². The number of nitrogens with one attached hydrogen (secondary N) is 1. The van der Waals surface area contributed by atoms with Gasteiger partial charge >= 0.3 is 0 Å². The third kappa shape index (κ3) is 3.16. The van der Waals surface area contributed by atoms with Crippen molar-refractivity contribution >= 4 is 33.0 Å². The summed E-state index contributed by atoms with van der Waals surface area (Å²) in [5, 5.41) is 3.34. The minimum Gasteiger partial charge on any atom is -0.396 e. The van der Waals surface area contributed by atoms with Crippen LogP contribution in [0.2, 0.25) is 0 Å². The molecule has 18 heavy (non-hydrogen) atoms. The average molecular weight is 290 g/mol. The van der Waals surface area contributed by atoms with Crippen molar-refractivity contribution in [1.29, 1.82) is 0 Å². The van der Waals surface area contributed by atoms with Crippen LogP contribution in [0.1, 0.15) is 0 Å². The quantitative estimate of drug-likeness (QED) is 0.809. The second-order valence-electron chi connectivity index (χ2n) is 3.88. The number of hydrogen-bond donors (Lipinski definition) is 2. The fraction of sp³-hybridized carbons (Fsp3) is 0.273. The zero-order valence-electron chi connectivity index (χ0n) is 10.3. The first-order valence-electron chi connectivity index (χ1n) is 5.15. The Kier molecular flexibility index (Phi) is 4.61. The van der Waals surface area contributed by atoms with Crippen LogP contribution in [0.25, 0.3) is 0 Å². The molecule has 0 saturated carbocycles. The standard InChI is InChI=1S/C11H16ClN3O2S/c1-8(12)7-14-9-5-4-6-10(11(9)13)18(16,17)15(2)3/h4-6,14H,1,7,13H2,2-3H3. The van der Waals surface area contributed by atoms with E-state index in [0.29, 0.717) is 17.3 Å². The smallest absolute Gasteiger partial charge is 0.244 e. The third-order valence-electron chi connectivity index (χ3n) is 2.30.